The molecule has 0 aliphatic carbocycles. The van der Waals surface area contributed by atoms with Crippen molar-refractivity contribution in [3.05, 3.63) is 30.3 Å². The van der Waals surface area contributed by atoms with Crippen LogP contribution in [-0.2, 0) is 4.79 Å². The van der Waals surface area contributed by atoms with Crippen LogP contribution in [0.15, 0.2) is 30.3 Å². The Morgan fingerprint density at radius 3 is 2.42 bits per heavy atom. The van der Waals surface area contributed by atoms with Crippen LogP contribution in [0.4, 0.5) is 0 Å². The summed E-state index contributed by atoms with van der Waals surface area (Å²) in [6, 6.07) is 9.29. The molecule has 1 aromatic carbocycles. The van der Waals surface area contributed by atoms with Crippen LogP contribution in [0.5, 0.6) is 5.75 Å². The lowest BCUT2D eigenvalue weighted by atomic mass is 10.0. The number of aliphatic hydroxyl groups is 1. The van der Waals surface area contributed by atoms with Crippen molar-refractivity contribution < 1.29 is 14.6 Å². The van der Waals surface area contributed by atoms with Crippen molar-refractivity contribution in [1.82, 2.24) is 4.90 Å². The van der Waals surface area contributed by atoms with Gasteiger partial charge in [-0.25, -0.2) is 0 Å². The maximum absolute atomic E-state index is 12.4. The fourth-order valence-corrected chi connectivity index (χ4v) is 1.59. The van der Waals surface area contributed by atoms with E-state index in [4.69, 9.17) is 4.74 Å². The number of aliphatic hydroxyl groups excluding tert-OH is 1. The number of nitrogens with zero attached hydrogens (tertiary/aromatic N) is 1. The van der Waals surface area contributed by atoms with Gasteiger partial charge in [-0.1, -0.05) is 25.1 Å². The average molecular weight is 265 g/mol. The van der Waals surface area contributed by atoms with Crippen molar-refractivity contribution in [2.45, 2.75) is 38.8 Å². The lowest BCUT2D eigenvalue weighted by Gasteiger charge is -2.36. The van der Waals surface area contributed by atoms with Gasteiger partial charge in [0.05, 0.1) is 12.1 Å². The topological polar surface area (TPSA) is 49.8 Å². The Bertz CT molecular complexity index is 403. The number of para-hydroxylation sites is 1. The summed E-state index contributed by atoms with van der Waals surface area (Å²) in [4.78, 5) is 13.9. The van der Waals surface area contributed by atoms with E-state index in [0.29, 0.717) is 12.2 Å². The first-order valence-corrected chi connectivity index (χ1v) is 6.52. The number of carbonyl (C=O) groups is 1. The third kappa shape index (κ3) is 3.96. The molecular weight excluding hydrogens is 242 g/mol. The van der Waals surface area contributed by atoms with Crippen molar-refractivity contribution in [3.8, 4) is 5.75 Å². The van der Waals surface area contributed by atoms with E-state index in [1.165, 1.54) is 0 Å². The summed E-state index contributed by atoms with van der Waals surface area (Å²) in [5.74, 6) is 0.559. The van der Waals surface area contributed by atoms with Crippen LogP contribution < -0.4 is 4.74 Å². The van der Waals surface area contributed by atoms with Crippen molar-refractivity contribution in [2.24, 2.45) is 0 Å². The average Bonchev–Trinajstić information content (AvgIpc) is 2.44. The van der Waals surface area contributed by atoms with Gasteiger partial charge in [0.1, 0.15) is 5.75 Å². The molecule has 4 heteroatoms. The number of likely N-dealkylation sites (N-methyl/N-ethyl adjacent to an activating group) is 1. The first kappa shape index (κ1) is 15.5. The molecule has 1 amide bonds. The molecule has 1 unspecified atom stereocenters. The Labute approximate surface area is 115 Å². The molecule has 0 aromatic heterocycles. The lowest BCUT2D eigenvalue weighted by Crippen LogP contribution is -2.52. The van der Waals surface area contributed by atoms with Gasteiger partial charge in [0.25, 0.3) is 5.91 Å². The van der Waals surface area contributed by atoms with E-state index in [2.05, 4.69) is 0 Å². The number of hydrogen-bond donors (Lipinski definition) is 1. The molecule has 0 radical (unpaired) electrons. The zero-order valence-electron chi connectivity index (χ0n) is 12.1. The normalized spacial score (nSPS) is 12.9. The minimum absolute atomic E-state index is 0.0863. The Morgan fingerprint density at radius 1 is 1.37 bits per heavy atom. The van der Waals surface area contributed by atoms with E-state index in [1.807, 2.05) is 51.1 Å². The van der Waals surface area contributed by atoms with Crippen LogP contribution in [0.3, 0.4) is 0 Å². The van der Waals surface area contributed by atoms with Crippen LogP contribution in [0.2, 0.25) is 0 Å². The minimum Gasteiger partial charge on any atom is -0.481 e. The molecular formula is C15H23NO3. The third-order valence-corrected chi connectivity index (χ3v) is 3.29. The molecule has 0 saturated carbocycles. The molecule has 0 aliphatic rings. The maximum atomic E-state index is 12.4. The van der Waals surface area contributed by atoms with Gasteiger partial charge in [-0.3, -0.25) is 4.79 Å². The van der Waals surface area contributed by atoms with E-state index < -0.39 is 11.6 Å². The Kier molecular flexibility index (Phi) is 5.36. The van der Waals surface area contributed by atoms with E-state index in [1.54, 1.807) is 11.9 Å². The van der Waals surface area contributed by atoms with Crippen molar-refractivity contribution in [3.63, 3.8) is 0 Å². The number of rotatable bonds is 6. The molecule has 106 valence electrons. The highest BCUT2D eigenvalue weighted by molar-refractivity contribution is 5.81. The van der Waals surface area contributed by atoms with Crippen molar-refractivity contribution in [2.75, 3.05) is 13.7 Å². The maximum Gasteiger partial charge on any atom is 0.263 e. The summed E-state index contributed by atoms with van der Waals surface area (Å²) in [5.41, 5.74) is -0.593. The molecule has 1 rings (SSSR count). The molecule has 1 N–H and O–H groups in total. The molecule has 0 aliphatic heterocycles. The molecule has 0 bridgehead atoms. The number of amides is 1. The smallest absolute Gasteiger partial charge is 0.263 e. The zero-order valence-corrected chi connectivity index (χ0v) is 12.1. The van der Waals surface area contributed by atoms with Gasteiger partial charge in [-0.05, 0) is 32.4 Å². The summed E-state index contributed by atoms with van der Waals surface area (Å²) in [7, 11) is 1.69. The van der Waals surface area contributed by atoms with Crippen molar-refractivity contribution in [1.29, 1.82) is 0 Å². The molecule has 0 heterocycles. The summed E-state index contributed by atoms with van der Waals surface area (Å²) in [5, 5.41) is 9.32. The van der Waals surface area contributed by atoms with Crippen LogP contribution in [0.25, 0.3) is 0 Å². The highest BCUT2D eigenvalue weighted by Gasteiger charge is 2.31. The summed E-state index contributed by atoms with van der Waals surface area (Å²) < 4.78 is 5.71. The summed E-state index contributed by atoms with van der Waals surface area (Å²) in [6.45, 7) is 5.46. The largest absolute Gasteiger partial charge is 0.481 e. The van der Waals surface area contributed by atoms with E-state index in [9.17, 15) is 9.90 Å². The Hall–Kier alpha value is -1.55. The third-order valence-electron chi connectivity index (χ3n) is 3.29. The monoisotopic (exact) mass is 265 g/mol. The second-order valence-corrected chi connectivity index (χ2v) is 5.20. The standard InChI is InChI=1S/C15H23NO3/c1-5-13(19-12-9-7-6-8-10-12)14(18)16(4)15(2,3)11-17/h6-10,13,17H,5,11H2,1-4H3. The van der Waals surface area contributed by atoms with Crippen molar-refractivity contribution >= 4 is 5.91 Å². The molecule has 1 atom stereocenters. The van der Waals surface area contributed by atoms with Crippen LogP contribution in [0.1, 0.15) is 27.2 Å². The Morgan fingerprint density at radius 2 is 1.95 bits per heavy atom. The quantitative estimate of drug-likeness (QED) is 0.856. The van der Waals surface area contributed by atoms with Gasteiger partial charge in [-0.2, -0.15) is 0 Å². The SMILES string of the molecule is CCC(Oc1ccccc1)C(=O)N(C)C(C)(C)CO. The number of benzene rings is 1. The number of carbonyl (C=O) groups excluding carboxylic acids is 1. The molecule has 19 heavy (non-hydrogen) atoms. The van der Waals surface area contributed by atoms with Gasteiger partial charge < -0.3 is 14.7 Å². The summed E-state index contributed by atoms with van der Waals surface area (Å²) in [6.07, 6.45) is 0.0535. The van der Waals surface area contributed by atoms with E-state index in [-0.39, 0.29) is 12.5 Å². The van der Waals surface area contributed by atoms with E-state index in [0.717, 1.165) is 0 Å². The fraction of sp³-hybridized carbons (Fsp3) is 0.533. The molecule has 0 fully saturated rings. The number of ether oxygens (including phenoxy) is 1. The van der Waals surface area contributed by atoms with Gasteiger partial charge in [0.2, 0.25) is 0 Å². The minimum atomic E-state index is -0.593. The lowest BCUT2D eigenvalue weighted by molar-refractivity contribution is -0.143. The highest BCUT2D eigenvalue weighted by atomic mass is 16.5. The van der Waals surface area contributed by atoms with Gasteiger partial charge in [0.15, 0.2) is 6.10 Å². The molecule has 0 spiro atoms. The predicted octanol–water partition coefficient (Wildman–Crippen LogP) is 2.07. The highest BCUT2D eigenvalue weighted by Crippen LogP contribution is 2.18. The summed E-state index contributed by atoms with van der Waals surface area (Å²) >= 11 is 0. The molecule has 1 aromatic rings. The predicted molar refractivity (Wildman–Crippen MR) is 75.1 cm³/mol. The van der Waals surface area contributed by atoms with Gasteiger partial charge in [0, 0.05) is 7.05 Å². The molecule has 4 nitrogen and oxygen atoms in total. The van der Waals surface area contributed by atoms with E-state index >= 15 is 0 Å². The second kappa shape index (κ2) is 6.57. The fourth-order valence-electron chi connectivity index (χ4n) is 1.59. The first-order valence-electron chi connectivity index (χ1n) is 6.52. The van der Waals surface area contributed by atoms with Crippen LogP contribution in [-0.4, -0.2) is 41.2 Å². The Balaban J connectivity index is 2.77. The van der Waals surface area contributed by atoms with Crippen LogP contribution >= 0.6 is 0 Å². The van der Waals surface area contributed by atoms with Gasteiger partial charge in [-0.15, -0.1) is 0 Å². The first-order chi connectivity index (χ1) is 8.92. The second-order valence-electron chi connectivity index (χ2n) is 5.20. The molecule has 0 saturated heterocycles. The zero-order chi connectivity index (χ0) is 14.5. The number of hydrogen-bond acceptors (Lipinski definition) is 3. The van der Waals surface area contributed by atoms with Crippen LogP contribution in [0, 0.1) is 0 Å². The van der Waals surface area contributed by atoms with Gasteiger partial charge >= 0.3 is 0 Å².